The van der Waals surface area contributed by atoms with Gasteiger partial charge in [0.2, 0.25) is 0 Å². The predicted octanol–water partition coefficient (Wildman–Crippen LogP) is 4.25. The first-order valence-electron chi connectivity index (χ1n) is 7.66. The van der Waals surface area contributed by atoms with E-state index in [0.717, 1.165) is 24.6 Å². The maximum Gasteiger partial charge on any atom is 0.128 e. The van der Waals surface area contributed by atoms with Gasteiger partial charge in [-0.25, -0.2) is 4.98 Å². The lowest BCUT2D eigenvalue weighted by Crippen LogP contribution is -2.07. The molecule has 1 heterocycles. The van der Waals surface area contributed by atoms with Crippen LogP contribution in [-0.2, 0) is 19.5 Å². The predicted molar refractivity (Wildman–Crippen MR) is 84.9 cm³/mol. The Kier molecular flexibility index (Phi) is 5.66. The largest absolute Gasteiger partial charge is 0.378 e. The second kappa shape index (κ2) is 7.73. The summed E-state index contributed by atoms with van der Waals surface area (Å²) in [5, 5.41) is 3.43. The minimum atomic E-state index is 0.774. The molecule has 1 N–H and O–H groups in total. The highest BCUT2D eigenvalue weighted by Gasteiger charge is 2.01. The van der Waals surface area contributed by atoms with E-state index in [2.05, 4.69) is 53.0 Å². The standard InChI is InChI=1S/C17H25N3/c1-3-5-6-7-15-8-10-16(11-9-15)19-14-17-18-12-13-20(17)4-2/h8-13,19H,3-7,14H2,1-2H3. The molecule has 1 aromatic heterocycles. The maximum absolute atomic E-state index is 4.37. The van der Waals surface area contributed by atoms with Crippen molar-refractivity contribution in [3.63, 3.8) is 0 Å². The minimum Gasteiger partial charge on any atom is -0.378 e. The topological polar surface area (TPSA) is 29.9 Å². The molecule has 0 saturated carbocycles. The van der Waals surface area contributed by atoms with E-state index in [1.807, 2.05) is 12.4 Å². The van der Waals surface area contributed by atoms with Gasteiger partial charge in [-0.1, -0.05) is 31.9 Å². The molecule has 108 valence electrons. The zero-order valence-electron chi connectivity index (χ0n) is 12.6. The Morgan fingerprint density at radius 1 is 1.10 bits per heavy atom. The van der Waals surface area contributed by atoms with E-state index in [4.69, 9.17) is 0 Å². The van der Waals surface area contributed by atoms with Crippen LogP contribution in [0.5, 0.6) is 0 Å². The molecule has 0 aliphatic carbocycles. The smallest absolute Gasteiger partial charge is 0.128 e. The Bertz CT molecular complexity index is 499. The Morgan fingerprint density at radius 2 is 1.90 bits per heavy atom. The van der Waals surface area contributed by atoms with Crippen molar-refractivity contribution in [2.24, 2.45) is 0 Å². The average Bonchev–Trinajstić information content (AvgIpc) is 2.94. The van der Waals surface area contributed by atoms with Crippen molar-refractivity contribution >= 4 is 5.69 Å². The third-order valence-electron chi connectivity index (χ3n) is 3.62. The Morgan fingerprint density at radius 3 is 2.60 bits per heavy atom. The molecule has 20 heavy (non-hydrogen) atoms. The van der Waals surface area contributed by atoms with E-state index in [-0.39, 0.29) is 0 Å². The van der Waals surface area contributed by atoms with Crippen LogP contribution in [0.1, 0.15) is 44.5 Å². The first-order chi connectivity index (χ1) is 9.83. The van der Waals surface area contributed by atoms with Gasteiger partial charge >= 0.3 is 0 Å². The Balaban J connectivity index is 1.84. The van der Waals surface area contributed by atoms with Crippen LogP contribution in [0.15, 0.2) is 36.7 Å². The third-order valence-corrected chi connectivity index (χ3v) is 3.62. The molecule has 1 aromatic carbocycles. The van der Waals surface area contributed by atoms with Crippen molar-refractivity contribution in [1.29, 1.82) is 0 Å². The number of rotatable bonds is 8. The lowest BCUT2D eigenvalue weighted by Gasteiger charge is -2.09. The summed E-state index contributed by atoms with van der Waals surface area (Å²) in [5.74, 6) is 1.08. The molecule has 0 unspecified atom stereocenters. The Hall–Kier alpha value is -1.77. The highest BCUT2D eigenvalue weighted by atomic mass is 15.1. The van der Waals surface area contributed by atoms with Crippen LogP contribution < -0.4 is 5.32 Å². The fraction of sp³-hybridized carbons (Fsp3) is 0.471. The van der Waals surface area contributed by atoms with E-state index in [1.165, 1.54) is 31.2 Å². The molecule has 3 heteroatoms. The third kappa shape index (κ3) is 4.12. The zero-order chi connectivity index (χ0) is 14.2. The van der Waals surface area contributed by atoms with Gasteiger partial charge < -0.3 is 9.88 Å². The van der Waals surface area contributed by atoms with Crippen LogP contribution in [-0.4, -0.2) is 9.55 Å². The van der Waals surface area contributed by atoms with Crippen molar-refractivity contribution in [3.8, 4) is 0 Å². The summed E-state index contributed by atoms with van der Waals surface area (Å²) in [6.07, 6.45) is 8.96. The van der Waals surface area contributed by atoms with Crippen molar-refractivity contribution in [1.82, 2.24) is 9.55 Å². The number of nitrogens with zero attached hydrogens (tertiary/aromatic N) is 2. The molecule has 0 amide bonds. The van der Waals surface area contributed by atoms with Gasteiger partial charge in [0.15, 0.2) is 0 Å². The first kappa shape index (κ1) is 14.6. The lowest BCUT2D eigenvalue weighted by molar-refractivity contribution is 0.708. The fourth-order valence-electron chi connectivity index (χ4n) is 2.34. The molecule has 0 atom stereocenters. The lowest BCUT2D eigenvalue weighted by atomic mass is 10.1. The summed E-state index contributed by atoms with van der Waals surface area (Å²) in [6, 6.07) is 8.79. The number of aryl methyl sites for hydroxylation is 2. The normalized spacial score (nSPS) is 10.7. The van der Waals surface area contributed by atoms with Crippen LogP contribution in [0.3, 0.4) is 0 Å². The highest BCUT2D eigenvalue weighted by Crippen LogP contribution is 2.13. The fourth-order valence-corrected chi connectivity index (χ4v) is 2.34. The van der Waals surface area contributed by atoms with Gasteiger partial charge in [0.05, 0.1) is 6.54 Å². The maximum atomic E-state index is 4.37. The number of unbranched alkanes of at least 4 members (excludes halogenated alkanes) is 2. The second-order valence-corrected chi connectivity index (χ2v) is 5.14. The van der Waals surface area contributed by atoms with Crippen LogP contribution in [0.4, 0.5) is 5.69 Å². The highest BCUT2D eigenvalue weighted by molar-refractivity contribution is 5.44. The van der Waals surface area contributed by atoms with E-state index >= 15 is 0 Å². The van der Waals surface area contributed by atoms with E-state index in [1.54, 1.807) is 0 Å². The van der Waals surface area contributed by atoms with Crippen LogP contribution in [0.25, 0.3) is 0 Å². The summed E-state index contributed by atoms with van der Waals surface area (Å²) < 4.78 is 2.16. The summed E-state index contributed by atoms with van der Waals surface area (Å²) in [6.45, 7) is 6.12. The molecule has 0 aliphatic heterocycles. The molecular formula is C17H25N3. The number of hydrogen-bond acceptors (Lipinski definition) is 2. The molecule has 0 bridgehead atoms. The zero-order valence-corrected chi connectivity index (χ0v) is 12.6. The van der Waals surface area contributed by atoms with Crippen LogP contribution in [0.2, 0.25) is 0 Å². The van der Waals surface area contributed by atoms with E-state index < -0.39 is 0 Å². The monoisotopic (exact) mass is 271 g/mol. The SMILES string of the molecule is CCCCCc1ccc(NCc2nccn2CC)cc1. The molecule has 2 aromatic rings. The first-order valence-corrected chi connectivity index (χ1v) is 7.66. The van der Waals surface area contributed by atoms with Crippen molar-refractivity contribution in [3.05, 3.63) is 48.0 Å². The van der Waals surface area contributed by atoms with Crippen LogP contribution >= 0.6 is 0 Å². The molecule has 0 fully saturated rings. The van der Waals surface area contributed by atoms with Crippen molar-refractivity contribution < 1.29 is 0 Å². The average molecular weight is 271 g/mol. The summed E-state index contributed by atoms with van der Waals surface area (Å²) in [5.41, 5.74) is 2.59. The summed E-state index contributed by atoms with van der Waals surface area (Å²) in [7, 11) is 0. The minimum absolute atomic E-state index is 0.774. The molecule has 0 radical (unpaired) electrons. The van der Waals surface area contributed by atoms with Gasteiger partial charge in [-0.15, -0.1) is 0 Å². The molecule has 3 nitrogen and oxygen atoms in total. The van der Waals surface area contributed by atoms with Gasteiger partial charge in [0.25, 0.3) is 0 Å². The number of imidazole rings is 1. The van der Waals surface area contributed by atoms with Crippen molar-refractivity contribution in [2.75, 3.05) is 5.32 Å². The van der Waals surface area contributed by atoms with E-state index in [9.17, 15) is 0 Å². The van der Waals surface area contributed by atoms with Gasteiger partial charge in [-0.05, 0) is 37.5 Å². The summed E-state index contributed by atoms with van der Waals surface area (Å²) >= 11 is 0. The van der Waals surface area contributed by atoms with Gasteiger partial charge in [0.1, 0.15) is 5.82 Å². The molecule has 0 aliphatic rings. The second-order valence-electron chi connectivity index (χ2n) is 5.14. The molecular weight excluding hydrogens is 246 g/mol. The van der Waals surface area contributed by atoms with E-state index in [0.29, 0.717) is 0 Å². The molecule has 0 saturated heterocycles. The number of nitrogens with one attached hydrogen (secondary N) is 1. The number of hydrogen-bond donors (Lipinski definition) is 1. The van der Waals surface area contributed by atoms with Gasteiger partial charge in [-0.2, -0.15) is 0 Å². The van der Waals surface area contributed by atoms with Gasteiger partial charge in [-0.3, -0.25) is 0 Å². The van der Waals surface area contributed by atoms with Gasteiger partial charge in [0, 0.05) is 24.6 Å². The van der Waals surface area contributed by atoms with Crippen molar-refractivity contribution in [2.45, 2.75) is 52.6 Å². The molecule has 2 rings (SSSR count). The number of aromatic nitrogens is 2. The molecule has 0 spiro atoms. The quantitative estimate of drug-likeness (QED) is 0.727. The number of benzene rings is 1. The van der Waals surface area contributed by atoms with Crippen LogP contribution in [0, 0.1) is 0 Å². The number of anilines is 1. The Labute approximate surface area is 122 Å². The summed E-state index contributed by atoms with van der Waals surface area (Å²) in [4.78, 5) is 4.37.